The summed E-state index contributed by atoms with van der Waals surface area (Å²) in [6.07, 6.45) is 1.22. The Morgan fingerprint density at radius 1 is 1.39 bits per heavy atom. The lowest BCUT2D eigenvalue weighted by Crippen LogP contribution is -2.18. The first kappa shape index (κ1) is 16.1. The molecule has 2 amide bonds. The predicted octanol–water partition coefficient (Wildman–Crippen LogP) is 2.66. The number of hydrazone groups is 1. The molecule has 0 saturated carbocycles. The largest absolute Gasteiger partial charge is 0.325 e. The van der Waals surface area contributed by atoms with Crippen molar-refractivity contribution in [1.82, 2.24) is 5.01 Å². The van der Waals surface area contributed by atoms with Crippen LogP contribution in [0.3, 0.4) is 0 Å². The van der Waals surface area contributed by atoms with Gasteiger partial charge in [-0.1, -0.05) is 29.5 Å². The average Bonchev–Trinajstić information content (AvgIpc) is 2.81. The second-order valence-corrected chi connectivity index (χ2v) is 7.36. The maximum absolute atomic E-state index is 12.0. The minimum absolute atomic E-state index is 0.0812. The number of fused-ring (bicyclic) bond motifs is 1. The van der Waals surface area contributed by atoms with Gasteiger partial charge in [-0.25, -0.2) is 5.01 Å². The molecule has 2 aliphatic rings. The molecule has 0 atom stereocenters. The summed E-state index contributed by atoms with van der Waals surface area (Å²) in [5, 5.41) is 9.62. The minimum atomic E-state index is -0.103. The zero-order valence-electron chi connectivity index (χ0n) is 12.6. The molecule has 0 radical (unpaired) electrons. The molecule has 0 aromatic heterocycles. The van der Waals surface area contributed by atoms with E-state index in [2.05, 4.69) is 15.4 Å². The molecule has 0 fully saturated rings. The molecule has 1 N–H and O–H groups in total. The SMILES string of the molecule is Cc1ccc(NC(=O)CSC2=NN3CCCC(=O)N=C3S2)cc1. The highest BCUT2D eigenvalue weighted by molar-refractivity contribution is 8.45. The molecule has 0 spiro atoms. The Morgan fingerprint density at radius 3 is 2.96 bits per heavy atom. The maximum Gasteiger partial charge on any atom is 0.248 e. The number of anilines is 1. The number of nitrogens with zero attached hydrogens (tertiary/aromatic N) is 3. The monoisotopic (exact) mass is 348 g/mol. The molecule has 1 aromatic rings. The fourth-order valence-corrected chi connectivity index (χ4v) is 3.88. The van der Waals surface area contributed by atoms with Crippen molar-refractivity contribution in [2.75, 3.05) is 17.6 Å². The molecule has 1 aromatic carbocycles. The Labute approximate surface area is 142 Å². The van der Waals surface area contributed by atoms with Crippen molar-refractivity contribution in [3.8, 4) is 0 Å². The summed E-state index contributed by atoms with van der Waals surface area (Å²) in [7, 11) is 0. The van der Waals surface area contributed by atoms with Crippen LogP contribution in [0.5, 0.6) is 0 Å². The van der Waals surface area contributed by atoms with Gasteiger partial charge in [-0.05, 0) is 37.2 Å². The molecular formula is C15H16N4O2S2. The molecule has 6 nitrogen and oxygen atoms in total. The van der Waals surface area contributed by atoms with Crippen LogP contribution in [0.25, 0.3) is 0 Å². The number of hydrogen-bond donors (Lipinski definition) is 1. The highest BCUT2D eigenvalue weighted by atomic mass is 32.2. The van der Waals surface area contributed by atoms with Crippen molar-refractivity contribution in [1.29, 1.82) is 0 Å². The van der Waals surface area contributed by atoms with E-state index in [4.69, 9.17) is 0 Å². The third-order valence-electron chi connectivity index (χ3n) is 3.24. The Hall–Kier alpha value is -1.80. The Balaban J connectivity index is 1.52. The zero-order valence-corrected chi connectivity index (χ0v) is 14.2. The highest BCUT2D eigenvalue weighted by Crippen LogP contribution is 2.29. The third-order valence-corrected chi connectivity index (χ3v) is 5.32. The first-order chi connectivity index (χ1) is 11.1. The summed E-state index contributed by atoms with van der Waals surface area (Å²) in [5.41, 5.74) is 1.93. The quantitative estimate of drug-likeness (QED) is 0.909. The molecule has 0 unspecified atom stereocenters. The summed E-state index contributed by atoms with van der Waals surface area (Å²) < 4.78 is 0.748. The molecule has 0 bridgehead atoms. The number of aliphatic imine (C=N–C) groups is 1. The number of aryl methyl sites for hydroxylation is 1. The van der Waals surface area contributed by atoms with Crippen LogP contribution >= 0.6 is 23.5 Å². The number of amidine groups is 1. The van der Waals surface area contributed by atoms with E-state index in [0.29, 0.717) is 18.1 Å². The smallest absolute Gasteiger partial charge is 0.248 e. The van der Waals surface area contributed by atoms with Gasteiger partial charge in [-0.2, -0.15) is 10.1 Å². The van der Waals surface area contributed by atoms with Gasteiger partial charge < -0.3 is 5.32 Å². The van der Waals surface area contributed by atoms with E-state index < -0.39 is 0 Å². The van der Waals surface area contributed by atoms with E-state index in [1.807, 2.05) is 31.2 Å². The van der Waals surface area contributed by atoms with E-state index in [0.717, 1.165) is 22.0 Å². The number of nitrogens with one attached hydrogen (secondary N) is 1. The predicted molar refractivity (Wildman–Crippen MR) is 95.7 cm³/mol. The van der Waals surface area contributed by atoms with Gasteiger partial charge in [0.1, 0.15) is 0 Å². The lowest BCUT2D eigenvalue weighted by molar-refractivity contribution is -0.117. The topological polar surface area (TPSA) is 74.1 Å². The van der Waals surface area contributed by atoms with Crippen molar-refractivity contribution < 1.29 is 9.59 Å². The Morgan fingerprint density at radius 2 is 2.17 bits per heavy atom. The van der Waals surface area contributed by atoms with Crippen LogP contribution in [0.4, 0.5) is 5.69 Å². The van der Waals surface area contributed by atoms with Gasteiger partial charge in [0.15, 0.2) is 9.54 Å². The molecule has 0 saturated heterocycles. The lowest BCUT2D eigenvalue weighted by atomic mass is 10.2. The van der Waals surface area contributed by atoms with Crippen LogP contribution < -0.4 is 5.32 Å². The van der Waals surface area contributed by atoms with Crippen molar-refractivity contribution in [3.05, 3.63) is 29.8 Å². The van der Waals surface area contributed by atoms with Crippen LogP contribution in [0.1, 0.15) is 18.4 Å². The minimum Gasteiger partial charge on any atom is -0.325 e. The third kappa shape index (κ3) is 4.35. The second-order valence-electron chi connectivity index (χ2n) is 5.19. The Bertz CT molecular complexity index is 685. The molecule has 120 valence electrons. The van der Waals surface area contributed by atoms with Gasteiger partial charge in [-0.15, -0.1) is 0 Å². The van der Waals surface area contributed by atoms with Crippen LogP contribution in [0.15, 0.2) is 34.4 Å². The number of benzene rings is 1. The molecule has 0 aliphatic carbocycles. The van der Waals surface area contributed by atoms with Crippen LogP contribution in [0, 0.1) is 6.92 Å². The van der Waals surface area contributed by atoms with E-state index in [1.54, 1.807) is 5.01 Å². The van der Waals surface area contributed by atoms with Gasteiger partial charge in [-0.3, -0.25) is 9.59 Å². The Kier molecular flexibility index (Phi) is 5.02. The normalized spacial score (nSPS) is 17.3. The number of carbonyl (C=O) groups excluding carboxylic acids is 2. The van der Waals surface area contributed by atoms with E-state index in [1.165, 1.54) is 23.5 Å². The fraction of sp³-hybridized carbons (Fsp3) is 0.333. The maximum atomic E-state index is 12.0. The van der Waals surface area contributed by atoms with Gasteiger partial charge in [0.05, 0.1) is 5.75 Å². The van der Waals surface area contributed by atoms with Gasteiger partial charge in [0, 0.05) is 18.7 Å². The number of rotatable bonds is 3. The van der Waals surface area contributed by atoms with E-state index >= 15 is 0 Å². The van der Waals surface area contributed by atoms with Crippen molar-refractivity contribution in [2.24, 2.45) is 10.1 Å². The lowest BCUT2D eigenvalue weighted by Gasteiger charge is -2.08. The van der Waals surface area contributed by atoms with Crippen LogP contribution in [-0.2, 0) is 9.59 Å². The zero-order chi connectivity index (χ0) is 16.2. The molecular weight excluding hydrogens is 332 g/mol. The number of amides is 2. The van der Waals surface area contributed by atoms with Crippen molar-refractivity contribution in [2.45, 2.75) is 19.8 Å². The average molecular weight is 348 g/mol. The van der Waals surface area contributed by atoms with Crippen LogP contribution in [-0.4, -0.2) is 38.7 Å². The summed E-state index contributed by atoms with van der Waals surface area (Å²) in [6, 6.07) is 7.67. The number of carbonyl (C=O) groups is 2. The molecule has 8 heteroatoms. The molecule has 23 heavy (non-hydrogen) atoms. The van der Waals surface area contributed by atoms with Crippen molar-refractivity contribution >= 4 is 50.6 Å². The molecule has 2 heterocycles. The fourth-order valence-electron chi connectivity index (χ4n) is 2.08. The second kappa shape index (κ2) is 7.18. The highest BCUT2D eigenvalue weighted by Gasteiger charge is 2.26. The summed E-state index contributed by atoms with van der Waals surface area (Å²) in [5.74, 6) is 0.0882. The molecule has 3 rings (SSSR count). The number of hydrogen-bond acceptors (Lipinski definition) is 6. The van der Waals surface area contributed by atoms with Crippen LogP contribution in [0.2, 0.25) is 0 Å². The van der Waals surface area contributed by atoms with Gasteiger partial charge in [0.2, 0.25) is 11.8 Å². The van der Waals surface area contributed by atoms with Crippen molar-refractivity contribution in [3.63, 3.8) is 0 Å². The first-order valence-corrected chi connectivity index (χ1v) is 9.05. The summed E-state index contributed by atoms with van der Waals surface area (Å²) in [4.78, 5) is 27.5. The first-order valence-electron chi connectivity index (χ1n) is 7.25. The number of thioether (sulfide) groups is 2. The van der Waals surface area contributed by atoms with Gasteiger partial charge in [0.25, 0.3) is 0 Å². The van der Waals surface area contributed by atoms with E-state index in [9.17, 15) is 9.59 Å². The van der Waals surface area contributed by atoms with E-state index in [-0.39, 0.29) is 17.6 Å². The standard InChI is InChI=1S/C15H16N4O2S2/c1-10-4-6-11(7-5-10)16-13(21)9-22-15-18-19-8-2-3-12(20)17-14(19)23-15/h4-7H,2-3,8-9H2,1H3,(H,16,21). The summed E-state index contributed by atoms with van der Waals surface area (Å²) in [6.45, 7) is 2.69. The summed E-state index contributed by atoms with van der Waals surface area (Å²) >= 11 is 2.71. The molecule has 2 aliphatic heterocycles. The van der Waals surface area contributed by atoms with Gasteiger partial charge >= 0.3 is 0 Å².